The molecule has 1 aliphatic heterocycles. The highest BCUT2D eigenvalue weighted by Gasteiger charge is 2.17. The third kappa shape index (κ3) is 3.91. The standard InChI is InChI=1S/C15H22FN2O/c1-3-6-17-7-9-18(10-8-17)12-13-4-5-14(16)11-15(13)19-2/h3-5,11H,6-10,12H2,1-2H3. The summed E-state index contributed by atoms with van der Waals surface area (Å²) in [5, 5.41) is 0. The van der Waals surface area contributed by atoms with E-state index in [0.717, 1.165) is 44.8 Å². The fourth-order valence-corrected chi connectivity index (χ4v) is 2.48. The fraction of sp³-hybridized carbons (Fsp3) is 0.533. The second-order valence-corrected chi connectivity index (χ2v) is 4.94. The van der Waals surface area contributed by atoms with E-state index in [1.165, 1.54) is 12.1 Å². The van der Waals surface area contributed by atoms with Crippen LogP contribution in [0.2, 0.25) is 0 Å². The highest BCUT2D eigenvalue weighted by Crippen LogP contribution is 2.21. The van der Waals surface area contributed by atoms with Gasteiger partial charge >= 0.3 is 0 Å². The molecule has 1 aliphatic rings. The summed E-state index contributed by atoms with van der Waals surface area (Å²) in [6, 6.07) is 4.78. The van der Waals surface area contributed by atoms with Gasteiger partial charge in [-0.25, -0.2) is 4.39 Å². The lowest BCUT2D eigenvalue weighted by Gasteiger charge is -2.34. The molecule has 1 aromatic carbocycles. The summed E-state index contributed by atoms with van der Waals surface area (Å²) in [5.41, 5.74) is 1.06. The lowest BCUT2D eigenvalue weighted by molar-refractivity contribution is 0.133. The maximum Gasteiger partial charge on any atom is 0.126 e. The van der Waals surface area contributed by atoms with Crippen molar-refractivity contribution >= 4 is 0 Å². The first kappa shape index (κ1) is 14.3. The first-order chi connectivity index (χ1) is 9.22. The van der Waals surface area contributed by atoms with Crippen molar-refractivity contribution in [3.05, 3.63) is 36.0 Å². The van der Waals surface area contributed by atoms with Crippen LogP contribution in [0, 0.1) is 12.2 Å². The smallest absolute Gasteiger partial charge is 0.126 e. The SMILES string of the molecule is C[CH]CN1CCN(Cc2ccc(F)cc2OC)CC1. The molecule has 0 aromatic heterocycles. The number of hydrogen-bond donors (Lipinski definition) is 0. The van der Waals surface area contributed by atoms with Crippen LogP contribution in [0.3, 0.4) is 0 Å². The summed E-state index contributed by atoms with van der Waals surface area (Å²) in [6.07, 6.45) is 2.19. The Morgan fingerprint density at radius 1 is 1.21 bits per heavy atom. The summed E-state index contributed by atoms with van der Waals surface area (Å²) in [4.78, 5) is 4.83. The summed E-state index contributed by atoms with van der Waals surface area (Å²) >= 11 is 0. The Balaban J connectivity index is 1.92. The third-order valence-electron chi connectivity index (χ3n) is 3.55. The molecule has 19 heavy (non-hydrogen) atoms. The molecule has 1 fully saturated rings. The number of benzene rings is 1. The largest absolute Gasteiger partial charge is 0.496 e. The van der Waals surface area contributed by atoms with Crippen molar-refractivity contribution in [2.24, 2.45) is 0 Å². The van der Waals surface area contributed by atoms with E-state index < -0.39 is 0 Å². The van der Waals surface area contributed by atoms with Crippen molar-refractivity contribution in [1.82, 2.24) is 9.80 Å². The molecule has 0 unspecified atom stereocenters. The molecule has 0 atom stereocenters. The van der Waals surface area contributed by atoms with Gasteiger partial charge in [-0.15, -0.1) is 0 Å². The number of piperazine rings is 1. The first-order valence-electron chi connectivity index (χ1n) is 6.78. The highest BCUT2D eigenvalue weighted by molar-refractivity contribution is 5.33. The van der Waals surface area contributed by atoms with Crippen LogP contribution in [0.1, 0.15) is 12.5 Å². The molecular weight excluding hydrogens is 243 g/mol. The van der Waals surface area contributed by atoms with Gasteiger partial charge < -0.3 is 9.64 Å². The third-order valence-corrected chi connectivity index (χ3v) is 3.55. The minimum Gasteiger partial charge on any atom is -0.496 e. The molecule has 2 rings (SSSR count). The van der Waals surface area contributed by atoms with Crippen LogP contribution in [-0.4, -0.2) is 49.6 Å². The van der Waals surface area contributed by atoms with Gasteiger partial charge in [-0.2, -0.15) is 0 Å². The summed E-state index contributed by atoms with van der Waals surface area (Å²) in [6.45, 7) is 8.26. The summed E-state index contributed by atoms with van der Waals surface area (Å²) in [5.74, 6) is 0.397. The van der Waals surface area contributed by atoms with Gasteiger partial charge in [0.15, 0.2) is 0 Å². The predicted molar refractivity (Wildman–Crippen MR) is 74.6 cm³/mol. The van der Waals surface area contributed by atoms with Crippen LogP contribution in [0.25, 0.3) is 0 Å². The van der Waals surface area contributed by atoms with Crippen LogP contribution >= 0.6 is 0 Å². The monoisotopic (exact) mass is 265 g/mol. The quantitative estimate of drug-likeness (QED) is 0.811. The van der Waals surface area contributed by atoms with Gasteiger partial charge in [0, 0.05) is 50.9 Å². The van der Waals surface area contributed by atoms with E-state index in [9.17, 15) is 4.39 Å². The number of hydrogen-bond acceptors (Lipinski definition) is 3. The topological polar surface area (TPSA) is 15.7 Å². The van der Waals surface area contributed by atoms with Crippen molar-refractivity contribution < 1.29 is 9.13 Å². The van der Waals surface area contributed by atoms with Crippen LogP contribution < -0.4 is 4.74 Å². The lowest BCUT2D eigenvalue weighted by Crippen LogP contribution is -2.46. The van der Waals surface area contributed by atoms with Crippen LogP contribution in [0.15, 0.2) is 18.2 Å². The zero-order chi connectivity index (χ0) is 13.7. The van der Waals surface area contributed by atoms with Crippen molar-refractivity contribution in [2.45, 2.75) is 13.5 Å². The molecule has 4 heteroatoms. The second kappa shape index (κ2) is 6.87. The first-order valence-corrected chi connectivity index (χ1v) is 6.78. The Morgan fingerprint density at radius 2 is 1.89 bits per heavy atom. The van der Waals surface area contributed by atoms with E-state index in [2.05, 4.69) is 23.1 Å². The molecule has 1 radical (unpaired) electrons. The molecule has 0 saturated carbocycles. The maximum absolute atomic E-state index is 13.1. The molecule has 3 nitrogen and oxygen atoms in total. The Bertz CT molecular complexity index is 403. The zero-order valence-corrected chi connectivity index (χ0v) is 11.7. The Kier molecular flexibility index (Phi) is 5.16. The number of ether oxygens (including phenoxy) is 1. The van der Waals surface area contributed by atoms with E-state index in [4.69, 9.17) is 4.74 Å². The molecule has 0 amide bonds. The Labute approximate surface area is 115 Å². The van der Waals surface area contributed by atoms with Crippen molar-refractivity contribution in [2.75, 3.05) is 39.8 Å². The molecule has 105 valence electrons. The van der Waals surface area contributed by atoms with Crippen molar-refractivity contribution in [3.63, 3.8) is 0 Å². The molecule has 0 bridgehead atoms. The maximum atomic E-state index is 13.1. The van der Waals surface area contributed by atoms with E-state index in [0.29, 0.717) is 5.75 Å². The average Bonchev–Trinajstić information content (AvgIpc) is 2.43. The predicted octanol–water partition coefficient (Wildman–Crippen LogP) is 2.18. The number of methoxy groups -OCH3 is 1. The number of rotatable bonds is 5. The van der Waals surface area contributed by atoms with E-state index in [-0.39, 0.29) is 5.82 Å². The van der Waals surface area contributed by atoms with Gasteiger partial charge in [-0.1, -0.05) is 13.0 Å². The van der Waals surface area contributed by atoms with E-state index in [1.807, 2.05) is 6.07 Å². The van der Waals surface area contributed by atoms with Crippen molar-refractivity contribution in [1.29, 1.82) is 0 Å². The van der Waals surface area contributed by atoms with Gasteiger partial charge in [0.05, 0.1) is 7.11 Å². The number of nitrogens with zero attached hydrogens (tertiary/aromatic N) is 2. The van der Waals surface area contributed by atoms with Gasteiger partial charge in [0.1, 0.15) is 11.6 Å². The average molecular weight is 265 g/mol. The molecule has 0 spiro atoms. The summed E-state index contributed by atoms with van der Waals surface area (Å²) in [7, 11) is 1.59. The molecule has 0 aliphatic carbocycles. The Morgan fingerprint density at radius 3 is 2.53 bits per heavy atom. The van der Waals surface area contributed by atoms with E-state index in [1.54, 1.807) is 7.11 Å². The fourth-order valence-electron chi connectivity index (χ4n) is 2.48. The normalized spacial score (nSPS) is 17.6. The van der Waals surface area contributed by atoms with Crippen LogP contribution in [0.5, 0.6) is 5.75 Å². The van der Waals surface area contributed by atoms with Gasteiger partial charge in [0.2, 0.25) is 0 Å². The van der Waals surface area contributed by atoms with Gasteiger partial charge in [-0.05, 0) is 12.5 Å². The van der Waals surface area contributed by atoms with E-state index >= 15 is 0 Å². The molecule has 1 saturated heterocycles. The molecule has 1 aromatic rings. The van der Waals surface area contributed by atoms with Crippen LogP contribution in [0.4, 0.5) is 4.39 Å². The van der Waals surface area contributed by atoms with Gasteiger partial charge in [0.25, 0.3) is 0 Å². The molecule has 1 heterocycles. The van der Waals surface area contributed by atoms with Gasteiger partial charge in [-0.3, -0.25) is 4.90 Å². The lowest BCUT2D eigenvalue weighted by atomic mass is 10.1. The van der Waals surface area contributed by atoms with Crippen molar-refractivity contribution in [3.8, 4) is 5.75 Å². The minimum atomic E-state index is -0.246. The minimum absolute atomic E-state index is 0.246. The molecular formula is C15H22FN2O. The molecule has 0 N–H and O–H groups in total. The Hall–Kier alpha value is -1.13. The number of halogens is 1. The zero-order valence-electron chi connectivity index (χ0n) is 11.7. The van der Waals surface area contributed by atoms with Crippen LogP contribution in [-0.2, 0) is 6.54 Å². The highest BCUT2D eigenvalue weighted by atomic mass is 19.1. The summed E-state index contributed by atoms with van der Waals surface area (Å²) < 4.78 is 18.4. The second-order valence-electron chi connectivity index (χ2n) is 4.94.